The Bertz CT molecular complexity index is 592. The first-order valence-corrected chi connectivity index (χ1v) is 7.27. The van der Waals surface area contributed by atoms with E-state index in [1.807, 2.05) is 0 Å². The Labute approximate surface area is 125 Å². The fraction of sp³-hybridized carbons (Fsp3) is 0.357. The molecule has 0 bridgehead atoms. The number of ether oxygens (including phenoxy) is 1. The number of carboxylic acids is 1. The van der Waals surface area contributed by atoms with Gasteiger partial charge in [-0.3, -0.25) is 9.59 Å². The number of amides is 1. The summed E-state index contributed by atoms with van der Waals surface area (Å²) in [5, 5.41) is 13.5. The van der Waals surface area contributed by atoms with Gasteiger partial charge in [0, 0.05) is 0 Å². The van der Waals surface area contributed by atoms with Crippen molar-refractivity contribution in [3.63, 3.8) is 0 Å². The second-order valence-electron chi connectivity index (χ2n) is 4.64. The van der Waals surface area contributed by atoms with Crippen molar-refractivity contribution in [3.8, 4) is 0 Å². The molecule has 0 radical (unpaired) electrons. The van der Waals surface area contributed by atoms with Gasteiger partial charge in [-0.15, -0.1) is 11.3 Å². The van der Waals surface area contributed by atoms with E-state index in [-0.39, 0.29) is 0 Å². The maximum Gasteiger partial charge on any atom is 0.350 e. The van der Waals surface area contributed by atoms with Gasteiger partial charge < -0.3 is 15.2 Å². The molecule has 1 amide bonds. The molecule has 1 heterocycles. The maximum atomic E-state index is 12.3. The number of hydrogen-bond acceptors (Lipinski definition) is 5. The summed E-state index contributed by atoms with van der Waals surface area (Å²) in [6, 6.07) is 1.60. The number of carboxylic acid groups (broad SMARTS) is 1. The average Bonchev–Trinajstić information content (AvgIpc) is 2.94. The molecule has 1 aromatic heterocycles. The Morgan fingerprint density at radius 3 is 2.57 bits per heavy atom. The third-order valence-electron chi connectivity index (χ3n) is 3.38. The highest BCUT2D eigenvalue weighted by Crippen LogP contribution is 2.29. The smallest absolute Gasteiger partial charge is 0.350 e. The van der Waals surface area contributed by atoms with Crippen molar-refractivity contribution >= 4 is 34.9 Å². The van der Waals surface area contributed by atoms with Gasteiger partial charge in [-0.25, -0.2) is 4.79 Å². The van der Waals surface area contributed by atoms with E-state index in [1.165, 1.54) is 7.11 Å². The monoisotopic (exact) mass is 309 g/mol. The van der Waals surface area contributed by atoms with Crippen LogP contribution in [0, 0.1) is 11.8 Å². The van der Waals surface area contributed by atoms with Gasteiger partial charge in [-0.1, -0.05) is 12.2 Å². The average molecular weight is 309 g/mol. The Balaban J connectivity index is 2.14. The summed E-state index contributed by atoms with van der Waals surface area (Å²) in [5.41, 5.74) is 0.357. The lowest BCUT2D eigenvalue weighted by Crippen LogP contribution is -2.34. The molecule has 1 aromatic rings. The molecule has 0 aromatic carbocycles. The minimum Gasteiger partial charge on any atom is -0.481 e. The van der Waals surface area contributed by atoms with Crippen molar-refractivity contribution < 1.29 is 24.2 Å². The van der Waals surface area contributed by atoms with E-state index in [9.17, 15) is 19.5 Å². The molecule has 21 heavy (non-hydrogen) atoms. The number of carbonyl (C=O) groups is 3. The van der Waals surface area contributed by atoms with Gasteiger partial charge in [0.1, 0.15) is 4.88 Å². The van der Waals surface area contributed by atoms with Crippen molar-refractivity contribution in [1.82, 2.24) is 0 Å². The summed E-state index contributed by atoms with van der Waals surface area (Å²) in [5.74, 6) is -3.29. The molecule has 0 aliphatic heterocycles. The van der Waals surface area contributed by atoms with Crippen molar-refractivity contribution in [2.45, 2.75) is 12.8 Å². The molecule has 2 N–H and O–H groups in total. The highest BCUT2D eigenvalue weighted by Gasteiger charge is 2.34. The highest BCUT2D eigenvalue weighted by atomic mass is 32.1. The number of aliphatic carboxylic acids is 1. The zero-order chi connectivity index (χ0) is 15.4. The van der Waals surface area contributed by atoms with E-state index >= 15 is 0 Å². The van der Waals surface area contributed by atoms with Gasteiger partial charge in [0.25, 0.3) is 0 Å². The predicted octanol–water partition coefficient (Wildman–Crippen LogP) is 2.14. The fourth-order valence-corrected chi connectivity index (χ4v) is 3.03. The molecule has 2 rings (SSSR count). The first-order chi connectivity index (χ1) is 10.0. The van der Waals surface area contributed by atoms with E-state index in [2.05, 4.69) is 10.1 Å². The third kappa shape index (κ3) is 3.30. The van der Waals surface area contributed by atoms with Gasteiger partial charge in [0.2, 0.25) is 5.91 Å². The van der Waals surface area contributed by atoms with Crippen LogP contribution in [0.15, 0.2) is 23.6 Å². The molecule has 7 heteroatoms. The summed E-state index contributed by atoms with van der Waals surface area (Å²) in [6.07, 6.45) is 4.28. The topological polar surface area (TPSA) is 92.7 Å². The number of anilines is 1. The van der Waals surface area contributed by atoms with Gasteiger partial charge >= 0.3 is 11.9 Å². The summed E-state index contributed by atoms with van der Waals surface area (Å²) in [6.45, 7) is 0. The lowest BCUT2D eigenvalue weighted by molar-refractivity contribution is -0.146. The van der Waals surface area contributed by atoms with Crippen LogP contribution in [0.25, 0.3) is 0 Å². The number of carbonyl (C=O) groups excluding carboxylic acids is 2. The summed E-state index contributed by atoms with van der Waals surface area (Å²) < 4.78 is 4.64. The number of nitrogens with one attached hydrogen (secondary N) is 1. The van der Waals surface area contributed by atoms with Crippen LogP contribution in [0.4, 0.5) is 5.69 Å². The number of methoxy groups -OCH3 is 1. The first-order valence-electron chi connectivity index (χ1n) is 6.39. The van der Waals surface area contributed by atoms with Crippen LogP contribution < -0.4 is 5.32 Å². The SMILES string of the molecule is COC(=O)c1sccc1NC(=O)[C@@H]1CC=CC[C@H]1C(=O)O. The molecule has 1 aliphatic carbocycles. The predicted molar refractivity (Wildman–Crippen MR) is 77.3 cm³/mol. The zero-order valence-corrected chi connectivity index (χ0v) is 12.2. The van der Waals surface area contributed by atoms with Crippen LogP contribution >= 0.6 is 11.3 Å². The molecule has 2 atom stereocenters. The molecule has 0 unspecified atom stereocenters. The van der Waals surface area contributed by atoms with Crippen LogP contribution in [-0.4, -0.2) is 30.1 Å². The highest BCUT2D eigenvalue weighted by molar-refractivity contribution is 7.12. The minimum atomic E-state index is -0.988. The standard InChI is InChI=1S/C14H15NO5S/c1-20-14(19)11-10(6-7-21-11)15-12(16)8-4-2-3-5-9(8)13(17)18/h2-3,6-9H,4-5H2,1H3,(H,15,16)(H,17,18)/t8-,9-/m1/s1. The van der Waals surface area contributed by atoms with Crippen molar-refractivity contribution in [2.24, 2.45) is 11.8 Å². The molecule has 0 saturated heterocycles. The molecule has 1 aliphatic rings. The molecule has 0 saturated carbocycles. The maximum absolute atomic E-state index is 12.3. The van der Waals surface area contributed by atoms with E-state index < -0.39 is 29.7 Å². The Morgan fingerprint density at radius 2 is 1.95 bits per heavy atom. The summed E-state index contributed by atoms with van der Waals surface area (Å²) in [4.78, 5) is 35.3. The molecular weight excluding hydrogens is 294 g/mol. The van der Waals surface area contributed by atoms with Crippen LogP contribution in [0.5, 0.6) is 0 Å². The zero-order valence-electron chi connectivity index (χ0n) is 11.4. The van der Waals surface area contributed by atoms with E-state index in [1.54, 1.807) is 23.6 Å². The largest absolute Gasteiger partial charge is 0.481 e. The van der Waals surface area contributed by atoms with Crippen LogP contribution in [0.3, 0.4) is 0 Å². The summed E-state index contributed by atoms with van der Waals surface area (Å²) in [7, 11) is 1.26. The van der Waals surface area contributed by atoms with E-state index in [4.69, 9.17) is 0 Å². The normalized spacial score (nSPS) is 20.8. The quantitative estimate of drug-likeness (QED) is 0.656. The van der Waals surface area contributed by atoms with Crippen LogP contribution in [0.2, 0.25) is 0 Å². The number of allylic oxidation sites excluding steroid dienone is 2. The second kappa shape index (κ2) is 6.53. The Morgan fingerprint density at radius 1 is 1.29 bits per heavy atom. The van der Waals surface area contributed by atoms with Crippen LogP contribution in [-0.2, 0) is 14.3 Å². The van der Waals surface area contributed by atoms with Gasteiger partial charge in [0.05, 0.1) is 24.6 Å². The first kappa shape index (κ1) is 15.2. The second-order valence-corrected chi connectivity index (χ2v) is 5.55. The van der Waals surface area contributed by atoms with Gasteiger partial charge in [0.15, 0.2) is 0 Å². The number of rotatable bonds is 4. The van der Waals surface area contributed by atoms with E-state index in [0.717, 1.165) is 11.3 Å². The van der Waals surface area contributed by atoms with Crippen molar-refractivity contribution in [2.75, 3.05) is 12.4 Å². The molecule has 0 fully saturated rings. The number of esters is 1. The molecule has 112 valence electrons. The van der Waals surface area contributed by atoms with Gasteiger partial charge in [-0.05, 0) is 24.3 Å². The lowest BCUT2D eigenvalue weighted by atomic mass is 9.82. The number of thiophene rings is 1. The van der Waals surface area contributed by atoms with Crippen LogP contribution in [0.1, 0.15) is 22.5 Å². The third-order valence-corrected chi connectivity index (χ3v) is 4.27. The summed E-state index contributed by atoms with van der Waals surface area (Å²) >= 11 is 1.16. The Hall–Kier alpha value is -2.15. The van der Waals surface area contributed by atoms with Gasteiger partial charge in [-0.2, -0.15) is 0 Å². The lowest BCUT2D eigenvalue weighted by Gasteiger charge is -2.24. The molecule has 6 nitrogen and oxygen atoms in total. The van der Waals surface area contributed by atoms with Crippen molar-refractivity contribution in [3.05, 3.63) is 28.5 Å². The number of hydrogen-bond donors (Lipinski definition) is 2. The Kier molecular flexibility index (Phi) is 4.74. The van der Waals surface area contributed by atoms with E-state index in [0.29, 0.717) is 23.4 Å². The fourth-order valence-electron chi connectivity index (χ4n) is 2.26. The minimum absolute atomic E-state index is 0.295. The molecular formula is C14H15NO5S. The van der Waals surface area contributed by atoms with Crippen molar-refractivity contribution in [1.29, 1.82) is 0 Å². The molecule has 0 spiro atoms.